The first-order valence-corrected chi connectivity index (χ1v) is 8.54. The van der Waals surface area contributed by atoms with Gasteiger partial charge in [-0.15, -0.1) is 0 Å². The summed E-state index contributed by atoms with van der Waals surface area (Å²) in [6.45, 7) is 2.91. The van der Waals surface area contributed by atoms with Gasteiger partial charge in [-0.05, 0) is 53.0 Å². The Bertz CT molecular complexity index is 904. The van der Waals surface area contributed by atoms with Crippen molar-refractivity contribution in [2.45, 2.75) is 13.3 Å². The molecule has 1 aliphatic heterocycles. The Hall–Kier alpha value is -1.85. The van der Waals surface area contributed by atoms with E-state index >= 15 is 0 Å². The van der Waals surface area contributed by atoms with Gasteiger partial charge in [-0.25, -0.2) is 4.68 Å². The number of fused-ring (bicyclic) bond motifs is 1. The highest BCUT2D eigenvalue weighted by Crippen LogP contribution is 2.35. The molecule has 4 nitrogen and oxygen atoms in total. The Balaban J connectivity index is 1.89. The average molecular weight is 390 g/mol. The van der Waals surface area contributed by atoms with Crippen LogP contribution in [0, 0.1) is 6.92 Å². The third-order valence-electron chi connectivity index (χ3n) is 4.03. The summed E-state index contributed by atoms with van der Waals surface area (Å²) < 4.78 is 2.88. The van der Waals surface area contributed by atoms with E-state index in [4.69, 9.17) is 16.7 Å². The molecule has 0 unspecified atom stereocenters. The quantitative estimate of drug-likeness (QED) is 0.695. The van der Waals surface area contributed by atoms with Crippen LogP contribution < -0.4 is 5.32 Å². The van der Waals surface area contributed by atoms with Crippen LogP contribution in [0.15, 0.2) is 41.1 Å². The van der Waals surface area contributed by atoms with Gasteiger partial charge in [0.15, 0.2) is 0 Å². The minimum Gasteiger partial charge on any atom is -0.369 e. The summed E-state index contributed by atoms with van der Waals surface area (Å²) in [6, 6.07) is 8.05. The van der Waals surface area contributed by atoms with Crippen molar-refractivity contribution in [1.82, 2.24) is 14.8 Å². The van der Waals surface area contributed by atoms with E-state index in [1.54, 1.807) is 6.20 Å². The normalized spacial score (nSPS) is 13.0. The van der Waals surface area contributed by atoms with Gasteiger partial charge in [-0.3, -0.25) is 4.98 Å². The number of pyridine rings is 1. The molecule has 1 N–H and O–H groups in total. The predicted molar refractivity (Wildman–Crippen MR) is 96.4 cm³/mol. The van der Waals surface area contributed by atoms with E-state index in [0.29, 0.717) is 0 Å². The van der Waals surface area contributed by atoms with Crippen molar-refractivity contribution in [2.24, 2.45) is 0 Å². The molecule has 23 heavy (non-hydrogen) atoms. The minimum absolute atomic E-state index is 0.746. The second kappa shape index (κ2) is 5.65. The number of hydrogen-bond donors (Lipinski definition) is 1. The van der Waals surface area contributed by atoms with E-state index in [1.165, 1.54) is 5.56 Å². The van der Waals surface area contributed by atoms with Crippen molar-refractivity contribution in [1.29, 1.82) is 0 Å². The first-order valence-electron chi connectivity index (χ1n) is 7.37. The number of nitrogens with one attached hydrogen (secondary N) is 1. The number of rotatable bonds is 2. The van der Waals surface area contributed by atoms with E-state index in [9.17, 15) is 0 Å². The summed E-state index contributed by atoms with van der Waals surface area (Å²) in [6.07, 6.45) is 4.58. The lowest BCUT2D eigenvalue weighted by atomic mass is 10.1. The van der Waals surface area contributed by atoms with Gasteiger partial charge >= 0.3 is 0 Å². The van der Waals surface area contributed by atoms with Crippen LogP contribution in [0.1, 0.15) is 11.1 Å². The first-order chi connectivity index (χ1) is 11.1. The Morgan fingerprint density at radius 3 is 2.91 bits per heavy atom. The number of hydrogen-bond acceptors (Lipinski definition) is 3. The van der Waals surface area contributed by atoms with E-state index in [1.807, 2.05) is 42.1 Å². The fourth-order valence-electron chi connectivity index (χ4n) is 2.85. The minimum atomic E-state index is 0.746. The zero-order valence-electron chi connectivity index (χ0n) is 12.5. The molecule has 1 aromatic carbocycles. The molecule has 0 aliphatic carbocycles. The van der Waals surface area contributed by atoms with Crippen LogP contribution in [-0.4, -0.2) is 21.3 Å². The van der Waals surface area contributed by atoms with E-state index in [-0.39, 0.29) is 0 Å². The molecule has 116 valence electrons. The van der Waals surface area contributed by atoms with Crippen LogP contribution in [0.5, 0.6) is 0 Å². The van der Waals surface area contributed by atoms with Crippen LogP contribution in [0.2, 0.25) is 5.02 Å². The summed E-state index contributed by atoms with van der Waals surface area (Å²) in [5.41, 5.74) is 5.22. The van der Waals surface area contributed by atoms with Crippen LogP contribution in [0.25, 0.3) is 16.9 Å². The third kappa shape index (κ3) is 2.54. The van der Waals surface area contributed by atoms with Crippen molar-refractivity contribution >= 4 is 33.3 Å². The highest BCUT2D eigenvalue weighted by Gasteiger charge is 2.24. The maximum absolute atomic E-state index is 6.28. The molecule has 0 amide bonds. The number of benzene rings is 1. The summed E-state index contributed by atoms with van der Waals surface area (Å²) in [4.78, 5) is 4.26. The zero-order valence-corrected chi connectivity index (χ0v) is 14.8. The fourth-order valence-corrected chi connectivity index (χ4v) is 3.39. The van der Waals surface area contributed by atoms with Crippen LogP contribution in [-0.2, 0) is 6.42 Å². The first kappa shape index (κ1) is 14.7. The molecule has 0 radical (unpaired) electrons. The molecule has 0 fully saturated rings. The number of anilines is 1. The Morgan fingerprint density at radius 2 is 2.13 bits per heavy atom. The number of aromatic nitrogens is 3. The van der Waals surface area contributed by atoms with Gasteiger partial charge in [0.05, 0.1) is 11.4 Å². The van der Waals surface area contributed by atoms with Gasteiger partial charge in [0, 0.05) is 39.6 Å². The molecule has 1 aliphatic rings. The summed E-state index contributed by atoms with van der Waals surface area (Å²) in [5, 5.41) is 9.00. The second-order valence-electron chi connectivity index (χ2n) is 5.59. The molecule has 6 heteroatoms. The Morgan fingerprint density at radius 1 is 1.26 bits per heavy atom. The topological polar surface area (TPSA) is 42.7 Å². The van der Waals surface area contributed by atoms with Gasteiger partial charge in [0.25, 0.3) is 0 Å². The highest BCUT2D eigenvalue weighted by molar-refractivity contribution is 9.10. The van der Waals surface area contributed by atoms with Gasteiger partial charge in [-0.1, -0.05) is 17.7 Å². The fraction of sp³-hybridized carbons (Fsp3) is 0.176. The molecule has 0 atom stereocenters. The molecule has 3 heterocycles. The maximum atomic E-state index is 6.28. The van der Waals surface area contributed by atoms with Crippen LogP contribution in [0.4, 0.5) is 5.82 Å². The second-order valence-corrected chi connectivity index (χ2v) is 6.91. The summed E-state index contributed by atoms with van der Waals surface area (Å²) in [7, 11) is 0. The zero-order chi connectivity index (χ0) is 16.0. The number of halogens is 2. The van der Waals surface area contributed by atoms with Crippen molar-refractivity contribution in [3.05, 3.63) is 57.3 Å². The molecule has 0 spiro atoms. The number of aryl methyl sites for hydroxylation is 1. The van der Waals surface area contributed by atoms with Gasteiger partial charge in [-0.2, -0.15) is 5.10 Å². The maximum Gasteiger partial charge on any atom is 0.133 e. The SMILES string of the molecule is Cc1ccc(-n2nc(-c3cncc(Br)c3)c3c2NCC3)cc1Cl. The van der Waals surface area contributed by atoms with Crippen molar-refractivity contribution in [2.75, 3.05) is 11.9 Å². The van der Waals surface area contributed by atoms with Crippen molar-refractivity contribution < 1.29 is 0 Å². The third-order valence-corrected chi connectivity index (χ3v) is 4.87. The highest BCUT2D eigenvalue weighted by atomic mass is 79.9. The molecule has 0 saturated carbocycles. The molecule has 3 aromatic rings. The average Bonchev–Trinajstić information content (AvgIpc) is 3.12. The van der Waals surface area contributed by atoms with E-state index in [0.717, 1.165) is 50.8 Å². The lowest BCUT2D eigenvalue weighted by Gasteiger charge is -2.08. The molecule has 2 aromatic heterocycles. The van der Waals surface area contributed by atoms with Crippen LogP contribution in [0.3, 0.4) is 0 Å². The summed E-state index contributed by atoms with van der Waals surface area (Å²) in [5.74, 6) is 1.04. The van der Waals surface area contributed by atoms with Gasteiger partial charge in [0.1, 0.15) is 5.82 Å². The lowest BCUT2D eigenvalue weighted by Crippen LogP contribution is -2.04. The van der Waals surface area contributed by atoms with Crippen LogP contribution >= 0.6 is 27.5 Å². The largest absolute Gasteiger partial charge is 0.369 e. The molecule has 4 rings (SSSR count). The van der Waals surface area contributed by atoms with E-state index < -0.39 is 0 Å². The van der Waals surface area contributed by atoms with Crippen molar-refractivity contribution in [3.63, 3.8) is 0 Å². The molecule has 0 saturated heterocycles. The standard InChI is InChI=1S/C17H14BrClN4/c1-10-2-3-13(7-15(10)19)23-17-14(4-5-21-17)16(22-23)11-6-12(18)9-20-8-11/h2-3,6-9,21H,4-5H2,1H3. The monoisotopic (exact) mass is 388 g/mol. The smallest absolute Gasteiger partial charge is 0.133 e. The molecular formula is C17H14BrClN4. The number of nitrogens with zero attached hydrogens (tertiary/aromatic N) is 3. The molecular weight excluding hydrogens is 376 g/mol. The summed E-state index contributed by atoms with van der Waals surface area (Å²) >= 11 is 9.76. The predicted octanol–water partition coefficient (Wildman–Crippen LogP) is 4.63. The van der Waals surface area contributed by atoms with Gasteiger partial charge < -0.3 is 5.32 Å². The Labute approximate surface area is 147 Å². The van der Waals surface area contributed by atoms with E-state index in [2.05, 4.69) is 26.2 Å². The van der Waals surface area contributed by atoms with Gasteiger partial charge in [0.2, 0.25) is 0 Å². The Kier molecular flexibility index (Phi) is 3.62. The lowest BCUT2D eigenvalue weighted by molar-refractivity contribution is 0.881. The van der Waals surface area contributed by atoms with Crippen molar-refractivity contribution in [3.8, 4) is 16.9 Å². The molecule has 0 bridgehead atoms.